The average molecular weight is 338 g/mol. The predicted octanol–water partition coefficient (Wildman–Crippen LogP) is 3.18. The molecule has 0 unspecified atom stereocenters. The molecule has 2 aromatic rings. The number of methoxy groups -OCH3 is 2. The lowest BCUT2D eigenvalue weighted by Crippen LogP contribution is -2.22. The Morgan fingerprint density at radius 3 is 2.12 bits per heavy atom. The molecule has 0 heterocycles. The average Bonchev–Trinajstić information content (AvgIpc) is 2.53. The summed E-state index contributed by atoms with van der Waals surface area (Å²) in [5.74, 6) is -0.975. The zero-order chi connectivity index (χ0) is 17.9. The van der Waals surface area contributed by atoms with Gasteiger partial charge < -0.3 is 20.5 Å². The van der Waals surface area contributed by atoms with Crippen LogP contribution in [0, 0.1) is 11.6 Å². The topological polar surface area (TPSA) is 73.6 Å². The van der Waals surface area contributed by atoms with Crippen LogP contribution in [0.2, 0.25) is 0 Å². The van der Waals surface area contributed by atoms with E-state index in [-0.39, 0.29) is 18.1 Å². The lowest BCUT2D eigenvalue weighted by atomic mass is 10.3. The van der Waals surface area contributed by atoms with Crippen molar-refractivity contribution in [1.82, 2.24) is 0 Å². The monoisotopic (exact) mass is 338 g/mol. The van der Waals surface area contributed by atoms with Crippen LogP contribution in [-0.2, 0) is 14.3 Å². The summed E-state index contributed by atoms with van der Waals surface area (Å²) in [6.45, 7) is 0. The number of nitrogens with one attached hydrogen (secondary N) is 1. The molecule has 0 bridgehead atoms. The Morgan fingerprint density at radius 2 is 1.67 bits per heavy atom. The Hall–Kier alpha value is -2.51. The molecule has 0 aliphatic carbocycles. The highest BCUT2D eigenvalue weighted by Crippen LogP contribution is 2.10. The number of nitrogens with two attached hydrogens (primary N) is 1. The molecule has 1 amide bonds. The van der Waals surface area contributed by atoms with Gasteiger partial charge in [0.25, 0.3) is 0 Å². The fourth-order valence-electron chi connectivity index (χ4n) is 1.70. The van der Waals surface area contributed by atoms with Gasteiger partial charge in [0, 0.05) is 25.6 Å². The summed E-state index contributed by atoms with van der Waals surface area (Å²) in [4.78, 5) is 11.5. The number of rotatable bonds is 5. The maximum absolute atomic E-state index is 12.8. The third-order valence-corrected chi connectivity index (χ3v) is 2.83. The van der Waals surface area contributed by atoms with Crippen molar-refractivity contribution in [3.63, 3.8) is 0 Å². The summed E-state index contributed by atoms with van der Waals surface area (Å²) in [7, 11) is 2.90. The van der Waals surface area contributed by atoms with E-state index in [2.05, 4.69) is 5.32 Å². The Labute approximate surface area is 139 Å². The summed E-state index contributed by atoms with van der Waals surface area (Å²) in [5.41, 5.74) is 6.09. The zero-order valence-corrected chi connectivity index (χ0v) is 13.5. The van der Waals surface area contributed by atoms with Crippen LogP contribution in [0.3, 0.4) is 0 Å². The molecule has 0 radical (unpaired) electrons. The molecule has 2 aromatic carbocycles. The normalized spacial score (nSPS) is 10.0. The first-order valence-corrected chi connectivity index (χ1v) is 7.06. The van der Waals surface area contributed by atoms with Gasteiger partial charge in [-0.2, -0.15) is 0 Å². The van der Waals surface area contributed by atoms with Gasteiger partial charge in [-0.25, -0.2) is 8.78 Å². The van der Waals surface area contributed by atoms with Gasteiger partial charge in [0.05, 0.1) is 6.42 Å². The van der Waals surface area contributed by atoms with E-state index in [4.69, 9.17) is 15.2 Å². The molecule has 5 nitrogen and oxygen atoms in total. The molecule has 2 rings (SSSR count). The Kier molecular flexibility index (Phi) is 8.38. The molecule has 0 aliphatic heterocycles. The van der Waals surface area contributed by atoms with Crippen molar-refractivity contribution < 1.29 is 23.0 Å². The minimum absolute atomic E-state index is 0.0590. The second kappa shape index (κ2) is 10.3. The molecule has 0 spiro atoms. The van der Waals surface area contributed by atoms with Crippen LogP contribution in [0.15, 0.2) is 48.5 Å². The summed E-state index contributed by atoms with van der Waals surface area (Å²) < 4.78 is 34.6. The number of nitrogen functional groups attached to an aromatic ring is 1. The highest BCUT2D eigenvalue weighted by molar-refractivity contribution is 5.90. The Balaban J connectivity index is 0.000000300. The van der Waals surface area contributed by atoms with Gasteiger partial charge in [0.15, 0.2) is 6.29 Å². The maximum atomic E-state index is 12.8. The van der Waals surface area contributed by atoms with E-state index in [1.165, 1.54) is 44.6 Å². The van der Waals surface area contributed by atoms with Gasteiger partial charge >= 0.3 is 0 Å². The number of carbonyl (C=O) groups is 1. The summed E-state index contributed by atoms with van der Waals surface area (Å²) in [5, 5.41) is 2.54. The molecule has 0 saturated heterocycles. The summed E-state index contributed by atoms with van der Waals surface area (Å²) >= 11 is 0. The van der Waals surface area contributed by atoms with Crippen LogP contribution in [0.25, 0.3) is 0 Å². The van der Waals surface area contributed by atoms with Crippen molar-refractivity contribution >= 4 is 17.3 Å². The third kappa shape index (κ3) is 7.66. The van der Waals surface area contributed by atoms with Gasteiger partial charge in [0.1, 0.15) is 11.6 Å². The van der Waals surface area contributed by atoms with E-state index < -0.39 is 12.1 Å². The lowest BCUT2D eigenvalue weighted by molar-refractivity contribution is -0.134. The summed E-state index contributed by atoms with van der Waals surface area (Å²) in [6.07, 6.45) is -0.530. The number of halogens is 2. The largest absolute Gasteiger partial charge is 0.399 e. The minimum Gasteiger partial charge on any atom is -0.399 e. The number of hydrogen-bond donors (Lipinski definition) is 2. The van der Waals surface area contributed by atoms with E-state index in [0.717, 1.165) is 0 Å². The smallest absolute Gasteiger partial charge is 0.229 e. The van der Waals surface area contributed by atoms with E-state index in [1.807, 2.05) is 0 Å². The predicted molar refractivity (Wildman–Crippen MR) is 88.3 cm³/mol. The molecular formula is C17H20F2N2O3. The molecule has 7 heteroatoms. The van der Waals surface area contributed by atoms with Gasteiger partial charge in [0.2, 0.25) is 5.91 Å². The van der Waals surface area contributed by atoms with E-state index >= 15 is 0 Å². The van der Waals surface area contributed by atoms with Crippen LogP contribution >= 0.6 is 0 Å². The van der Waals surface area contributed by atoms with Crippen molar-refractivity contribution in [2.75, 3.05) is 25.3 Å². The maximum Gasteiger partial charge on any atom is 0.229 e. The van der Waals surface area contributed by atoms with Crippen LogP contribution in [-0.4, -0.2) is 26.4 Å². The zero-order valence-electron chi connectivity index (χ0n) is 13.5. The van der Waals surface area contributed by atoms with Crippen molar-refractivity contribution in [2.45, 2.75) is 12.7 Å². The number of carbonyl (C=O) groups excluding carboxylic acids is 1. The van der Waals surface area contributed by atoms with Crippen molar-refractivity contribution in [3.05, 3.63) is 60.2 Å². The second-order valence-electron chi connectivity index (χ2n) is 4.72. The number of benzene rings is 2. The van der Waals surface area contributed by atoms with Crippen LogP contribution in [0.1, 0.15) is 6.42 Å². The SMILES string of the molecule is COC(CC(=O)Nc1cccc(F)c1)OC.Nc1cccc(F)c1. The van der Waals surface area contributed by atoms with Crippen LogP contribution in [0.5, 0.6) is 0 Å². The molecule has 0 atom stereocenters. The first-order valence-electron chi connectivity index (χ1n) is 7.06. The third-order valence-electron chi connectivity index (χ3n) is 2.83. The fraction of sp³-hybridized carbons (Fsp3) is 0.235. The molecular weight excluding hydrogens is 318 g/mol. The fourth-order valence-corrected chi connectivity index (χ4v) is 1.70. The molecule has 3 N–H and O–H groups in total. The van der Waals surface area contributed by atoms with Crippen molar-refractivity contribution in [2.24, 2.45) is 0 Å². The molecule has 0 aliphatic rings. The van der Waals surface area contributed by atoms with Gasteiger partial charge in [-0.3, -0.25) is 4.79 Å². The molecule has 130 valence electrons. The number of hydrogen-bond acceptors (Lipinski definition) is 4. The lowest BCUT2D eigenvalue weighted by Gasteiger charge is -2.12. The summed E-state index contributed by atoms with van der Waals surface area (Å²) in [6, 6.07) is 11.5. The van der Waals surface area contributed by atoms with E-state index in [9.17, 15) is 13.6 Å². The van der Waals surface area contributed by atoms with Gasteiger partial charge in [-0.15, -0.1) is 0 Å². The van der Waals surface area contributed by atoms with Crippen LogP contribution in [0.4, 0.5) is 20.2 Å². The van der Waals surface area contributed by atoms with E-state index in [0.29, 0.717) is 11.4 Å². The number of amides is 1. The van der Waals surface area contributed by atoms with Gasteiger partial charge in [-0.1, -0.05) is 12.1 Å². The standard InChI is InChI=1S/C11H14FNO3.C6H6FN/c1-15-11(16-2)7-10(14)13-9-5-3-4-8(12)6-9;7-5-2-1-3-6(8)4-5/h3-6,11H,7H2,1-2H3,(H,13,14);1-4H,8H2. The Bertz CT molecular complexity index is 632. The first-order chi connectivity index (χ1) is 11.4. The number of ether oxygens (including phenoxy) is 2. The first kappa shape index (κ1) is 19.5. The molecule has 0 aromatic heterocycles. The van der Waals surface area contributed by atoms with Crippen molar-refractivity contribution in [1.29, 1.82) is 0 Å². The highest BCUT2D eigenvalue weighted by Gasteiger charge is 2.12. The van der Waals surface area contributed by atoms with E-state index in [1.54, 1.807) is 18.2 Å². The molecule has 24 heavy (non-hydrogen) atoms. The molecule has 0 saturated carbocycles. The highest BCUT2D eigenvalue weighted by atomic mass is 19.1. The van der Waals surface area contributed by atoms with Gasteiger partial charge in [-0.05, 0) is 36.4 Å². The minimum atomic E-state index is -0.589. The quantitative estimate of drug-likeness (QED) is 0.649. The molecule has 0 fully saturated rings. The Morgan fingerprint density at radius 1 is 1.08 bits per heavy atom. The number of anilines is 2. The van der Waals surface area contributed by atoms with Crippen LogP contribution < -0.4 is 11.1 Å². The second-order valence-corrected chi connectivity index (χ2v) is 4.72. The van der Waals surface area contributed by atoms with Crippen molar-refractivity contribution in [3.8, 4) is 0 Å².